The molecule has 0 bridgehead atoms. The lowest BCUT2D eigenvalue weighted by Gasteiger charge is -2.42. The van der Waals surface area contributed by atoms with Gasteiger partial charge in [0.05, 0.1) is 24.2 Å². The summed E-state index contributed by atoms with van der Waals surface area (Å²) in [5.74, 6) is 0.0252. The van der Waals surface area contributed by atoms with Crippen LogP contribution in [0.1, 0.15) is 33.1 Å². The second-order valence-corrected chi connectivity index (χ2v) is 6.67. The van der Waals surface area contributed by atoms with Crippen molar-refractivity contribution in [3.05, 3.63) is 0 Å². The summed E-state index contributed by atoms with van der Waals surface area (Å²) in [6, 6.07) is 0. The standard InChI is InChI=1S/C15H31N3O3/c1-14(2,21-4)11-13(20)17-15(12-16-7-10-19)5-8-18(3)9-6-15/h16,19H,5-12H2,1-4H3,(H,17,20). The quantitative estimate of drug-likeness (QED) is 0.549. The summed E-state index contributed by atoms with van der Waals surface area (Å²) in [6.45, 7) is 7.12. The minimum atomic E-state index is -0.449. The number of carbonyl (C=O) groups is 1. The number of nitrogens with one attached hydrogen (secondary N) is 2. The molecule has 3 N–H and O–H groups in total. The van der Waals surface area contributed by atoms with E-state index in [-0.39, 0.29) is 18.1 Å². The maximum absolute atomic E-state index is 12.3. The van der Waals surface area contributed by atoms with Gasteiger partial charge in [0.2, 0.25) is 5.91 Å². The minimum absolute atomic E-state index is 0.0252. The van der Waals surface area contributed by atoms with Gasteiger partial charge in [0.1, 0.15) is 0 Å². The molecule has 6 heteroatoms. The van der Waals surface area contributed by atoms with E-state index >= 15 is 0 Å². The van der Waals surface area contributed by atoms with Crippen molar-refractivity contribution in [3.63, 3.8) is 0 Å². The Labute approximate surface area is 128 Å². The lowest BCUT2D eigenvalue weighted by molar-refractivity contribution is -0.128. The van der Waals surface area contributed by atoms with Crippen molar-refractivity contribution in [1.82, 2.24) is 15.5 Å². The number of piperidine rings is 1. The highest BCUT2D eigenvalue weighted by atomic mass is 16.5. The Balaban J connectivity index is 2.62. The maximum Gasteiger partial charge on any atom is 0.223 e. The van der Waals surface area contributed by atoms with Crippen molar-refractivity contribution < 1.29 is 14.6 Å². The first-order valence-electron chi connectivity index (χ1n) is 7.69. The number of ether oxygens (including phenoxy) is 1. The molecule has 1 aliphatic rings. The van der Waals surface area contributed by atoms with Crippen molar-refractivity contribution in [2.45, 2.75) is 44.2 Å². The fraction of sp³-hybridized carbons (Fsp3) is 0.933. The van der Waals surface area contributed by atoms with Crippen LogP contribution in [0.25, 0.3) is 0 Å². The number of nitrogens with zero attached hydrogens (tertiary/aromatic N) is 1. The van der Waals surface area contributed by atoms with E-state index in [1.165, 1.54) is 0 Å². The lowest BCUT2D eigenvalue weighted by atomic mass is 9.86. The molecule has 1 saturated heterocycles. The highest BCUT2D eigenvalue weighted by molar-refractivity contribution is 5.77. The molecule has 1 fully saturated rings. The summed E-state index contributed by atoms with van der Waals surface area (Å²) >= 11 is 0. The molecule has 1 heterocycles. The summed E-state index contributed by atoms with van der Waals surface area (Å²) < 4.78 is 5.33. The van der Waals surface area contributed by atoms with Crippen LogP contribution in [-0.2, 0) is 9.53 Å². The summed E-state index contributed by atoms with van der Waals surface area (Å²) in [5.41, 5.74) is -0.669. The van der Waals surface area contributed by atoms with Gasteiger partial charge >= 0.3 is 0 Å². The Morgan fingerprint density at radius 1 is 1.38 bits per heavy atom. The third kappa shape index (κ3) is 6.30. The molecule has 0 aromatic carbocycles. The Hall–Kier alpha value is -0.690. The molecule has 6 nitrogen and oxygen atoms in total. The number of aliphatic hydroxyl groups excluding tert-OH is 1. The first-order chi connectivity index (χ1) is 9.82. The normalized spacial score (nSPS) is 19.5. The van der Waals surface area contributed by atoms with Gasteiger partial charge in [-0.1, -0.05) is 0 Å². The molecule has 0 aliphatic carbocycles. The number of carbonyl (C=O) groups excluding carboxylic acids is 1. The smallest absolute Gasteiger partial charge is 0.223 e. The number of methoxy groups -OCH3 is 1. The van der Waals surface area contributed by atoms with Crippen LogP contribution in [0.3, 0.4) is 0 Å². The number of amides is 1. The Bertz CT molecular complexity index is 326. The van der Waals surface area contributed by atoms with Crippen LogP contribution in [0, 0.1) is 0 Å². The Morgan fingerprint density at radius 3 is 2.52 bits per heavy atom. The molecule has 1 aliphatic heterocycles. The zero-order valence-corrected chi connectivity index (χ0v) is 13.9. The van der Waals surface area contributed by atoms with Crippen LogP contribution in [0.4, 0.5) is 0 Å². The first kappa shape index (κ1) is 18.4. The van der Waals surface area contributed by atoms with E-state index in [4.69, 9.17) is 9.84 Å². The first-order valence-corrected chi connectivity index (χ1v) is 7.69. The monoisotopic (exact) mass is 301 g/mol. The summed E-state index contributed by atoms with van der Waals surface area (Å²) in [6.07, 6.45) is 2.18. The molecule has 0 radical (unpaired) electrons. The lowest BCUT2D eigenvalue weighted by Crippen LogP contribution is -2.60. The van der Waals surface area contributed by atoms with Crippen molar-refractivity contribution in [1.29, 1.82) is 0 Å². The third-order valence-corrected chi connectivity index (χ3v) is 4.24. The highest BCUT2D eigenvalue weighted by Gasteiger charge is 2.35. The van der Waals surface area contributed by atoms with Gasteiger partial charge in [-0.3, -0.25) is 4.79 Å². The molecule has 0 saturated carbocycles. The van der Waals surface area contributed by atoms with Gasteiger partial charge in [-0.15, -0.1) is 0 Å². The maximum atomic E-state index is 12.3. The number of aliphatic hydroxyl groups is 1. The molecule has 21 heavy (non-hydrogen) atoms. The van der Waals surface area contributed by atoms with Crippen molar-refractivity contribution in [2.75, 3.05) is 46.9 Å². The van der Waals surface area contributed by atoms with E-state index in [1.807, 2.05) is 13.8 Å². The van der Waals surface area contributed by atoms with E-state index in [2.05, 4.69) is 22.6 Å². The van der Waals surface area contributed by atoms with Crippen LogP contribution in [0.5, 0.6) is 0 Å². The van der Waals surface area contributed by atoms with E-state index in [0.29, 0.717) is 19.5 Å². The van der Waals surface area contributed by atoms with Crippen molar-refractivity contribution in [3.8, 4) is 0 Å². The second-order valence-electron chi connectivity index (χ2n) is 6.67. The van der Waals surface area contributed by atoms with Gasteiger partial charge in [-0.05, 0) is 33.7 Å². The molecule has 0 spiro atoms. The number of likely N-dealkylation sites (tertiary alicyclic amines) is 1. The molecule has 0 atom stereocenters. The molecule has 0 aromatic heterocycles. The molecule has 1 rings (SSSR count). The Kier molecular flexibility index (Phi) is 7.06. The van der Waals surface area contributed by atoms with Crippen LogP contribution in [-0.4, -0.2) is 74.0 Å². The van der Waals surface area contributed by atoms with Crippen LogP contribution >= 0.6 is 0 Å². The van der Waals surface area contributed by atoms with Crippen LogP contribution in [0.15, 0.2) is 0 Å². The summed E-state index contributed by atoms with van der Waals surface area (Å²) in [4.78, 5) is 14.6. The number of rotatable bonds is 8. The zero-order valence-electron chi connectivity index (χ0n) is 13.9. The predicted octanol–water partition coefficient (Wildman–Crippen LogP) is -0.0360. The van der Waals surface area contributed by atoms with Gasteiger partial charge in [0.15, 0.2) is 0 Å². The summed E-state index contributed by atoms with van der Waals surface area (Å²) in [7, 11) is 3.72. The SMILES string of the molecule is COC(C)(C)CC(=O)NC1(CNCCO)CCN(C)CC1. The van der Waals surface area contributed by atoms with E-state index < -0.39 is 5.60 Å². The molecule has 124 valence electrons. The zero-order chi connectivity index (χ0) is 15.9. The summed E-state index contributed by atoms with van der Waals surface area (Å²) in [5, 5.41) is 15.4. The number of hydrogen-bond donors (Lipinski definition) is 3. The fourth-order valence-corrected chi connectivity index (χ4v) is 2.60. The minimum Gasteiger partial charge on any atom is -0.395 e. The van der Waals surface area contributed by atoms with Gasteiger partial charge in [0, 0.05) is 33.3 Å². The molecular weight excluding hydrogens is 270 g/mol. The van der Waals surface area contributed by atoms with Gasteiger partial charge in [-0.25, -0.2) is 0 Å². The van der Waals surface area contributed by atoms with Crippen LogP contribution in [0.2, 0.25) is 0 Å². The highest BCUT2D eigenvalue weighted by Crippen LogP contribution is 2.22. The van der Waals surface area contributed by atoms with E-state index in [1.54, 1.807) is 7.11 Å². The Morgan fingerprint density at radius 2 is 2.00 bits per heavy atom. The largest absolute Gasteiger partial charge is 0.395 e. The fourth-order valence-electron chi connectivity index (χ4n) is 2.60. The van der Waals surface area contributed by atoms with Crippen LogP contribution < -0.4 is 10.6 Å². The second kappa shape index (κ2) is 8.08. The molecule has 0 unspecified atom stereocenters. The average molecular weight is 301 g/mol. The third-order valence-electron chi connectivity index (χ3n) is 4.24. The van der Waals surface area contributed by atoms with Crippen molar-refractivity contribution in [2.24, 2.45) is 0 Å². The predicted molar refractivity (Wildman–Crippen MR) is 83.3 cm³/mol. The van der Waals surface area contributed by atoms with E-state index in [0.717, 1.165) is 25.9 Å². The molecule has 0 aromatic rings. The van der Waals surface area contributed by atoms with Crippen molar-refractivity contribution >= 4 is 5.91 Å². The van der Waals surface area contributed by atoms with Gasteiger partial charge in [0.25, 0.3) is 0 Å². The van der Waals surface area contributed by atoms with Gasteiger partial charge in [-0.2, -0.15) is 0 Å². The number of hydrogen-bond acceptors (Lipinski definition) is 5. The van der Waals surface area contributed by atoms with E-state index in [9.17, 15) is 4.79 Å². The molecular formula is C15H31N3O3. The average Bonchev–Trinajstić information content (AvgIpc) is 2.42. The van der Waals surface area contributed by atoms with Gasteiger partial charge < -0.3 is 25.4 Å². The topological polar surface area (TPSA) is 73.8 Å². The molecule has 1 amide bonds.